The molecule has 4 rings (SSSR count). The Balaban J connectivity index is 1.51. The first-order chi connectivity index (χ1) is 16.3. The van der Waals surface area contributed by atoms with Gasteiger partial charge in [-0.15, -0.1) is 0 Å². The van der Waals surface area contributed by atoms with Gasteiger partial charge >= 0.3 is 5.63 Å². The monoisotopic (exact) mass is 532 g/mol. The number of thiocarbonyl (C=S) groups is 1. The van der Waals surface area contributed by atoms with Gasteiger partial charge in [0.25, 0.3) is 5.91 Å². The van der Waals surface area contributed by atoms with Gasteiger partial charge in [-0.2, -0.15) is 0 Å². The molecule has 1 heterocycles. The quantitative estimate of drug-likeness (QED) is 0.229. The predicted molar refractivity (Wildman–Crippen MR) is 140 cm³/mol. The number of ether oxygens (including phenoxy) is 1. The van der Waals surface area contributed by atoms with Gasteiger partial charge in [0.2, 0.25) is 0 Å². The van der Waals surface area contributed by atoms with E-state index in [1.54, 1.807) is 36.4 Å². The number of benzene rings is 3. The van der Waals surface area contributed by atoms with Crippen molar-refractivity contribution in [2.45, 2.75) is 0 Å². The van der Waals surface area contributed by atoms with Gasteiger partial charge in [0, 0.05) is 22.2 Å². The number of fused-ring (bicyclic) bond motifs is 1. The molecule has 0 aliphatic carbocycles. The summed E-state index contributed by atoms with van der Waals surface area (Å²) in [5.74, 6) is -0.240. The molecule has 10 heteroatoms. The number of amides is 1. The zero-order valence-corrected chi connectivity index (χ0v) is 20.5. The van der Waals surface area contributed by atoms with Crippen molar-refractivity contribution in [3.8, 4) is 16.9 Å². The van der Waals surface area contributed by atoms with Crippen LogP contribution in [0.2, 0.25) is 15.1 Å². The molecule has 172 valence electrons. The smallest absolute Gasteiger partial charge is 0.344 e. The second kappa shape index (κ2) is 10.0. The molecule has 1 aromatic heterocycles. The highest BCUT2D eigenvalue weighted by Crippen LogP contribution is 2.34. The average molecular weight is 534 g/mol. The fraction of sp³-hybridized carbons (Fsp3) is 0.0417. The summed E-state index contributed by atoms with van der Waals surface area (Å²) in [5, 5.41) is 6.92. The molecular formula is C24H15Cl3N2O4S. The lowest BCUT2D eigenvalue weighted by Gasteiger charge is -2.12. The molecule has 0 aliphatic heterocycles. The normalized spacial score (nSPS) is 10.7. The van der Waals surface area contributed by atoms with Crippen LogP contribution in [0.4, 0.5) is 5.69 Å². The summed E-state index contributed by atoms with van der Waals surface area (Å²) < 4.78 is 10.5. The lowest BCUT2D eigenvalue weighted by atomic mass is 10.1. The Morgan fingerprint density at radius 2 is 1.65 bits per heavy atom. The molecule has 0 radical (unpaired) electrons. The van der Waals surface area contributed by atoms with Gasteiger partial charge in [0.05, 0.1) is 27.7 Å². The SMILES string of the molecule is COc1c(Cl)cc(C(=O)NC(=S)Nc2ccc(-c3cc4ccccc4oc3=O)c(Cl)c2)cc1Cl. The number of carbonyl (C=O) groups excluding carboxylic acids is 1. The van der Waals surface area contributed by atoms with Gasteiger partial charge in [-0.05, 0) is 48.6 Å². The van der Waals surface area contributed by atoms with E-state index in [9.17, 15) is 9.59 Å². The van der Waals surface area contributed by atoms with Crippen molar-refractivity contribution in [2.24, 2.45) is 0 Å². The second-order valence-electron chi connectivity index (χ2n) is 7.06. The van der Waals surface area contributed by atoms with E-state index < -0.39 is 11.5 Å². The molecule has 0 saturated carbocycles. The van der Waals surface area contributed by atoms with E-state index in [0.29, 0.717) is 27.4 Å². The first kappa shape index (κ1) is 24.0. The number of para-hydroxylation sites is 1. The van der Waals surface area contributed by atoms with E-state index in [1.807, 2.05) is 12.1 Å². The number of nitrogens with one attached hydrogen (secondary N) is 2. The lowest BCUT2D eigenvalue weighted by Crippen LogP contribution is -2.34. The molecule has 0 unspecified atom stereocenters. The summed E-state index contributed by atoms with van der Waals surface area (Å²) in [6, 6.07) is 16.7. The zero-order valence-electron chi connectivity index (χ0n) is 17.4. The molecular weight excluding hydrogens is 519 g/mol. The van der Waals surface area contributed by atoms with Crippen LogP contribution in [-0.4, -0.2) is 18.1 Å². The van der Waals surface area contributed by atoms with Crippen molar-refractivity contribution in [3.05, 3.63) is 91.7 Å². The van der Waals surface area contributed by atoms with Crippen LogP contribution < -0.4 is 21.0 Å². The molecule has 34 heavy (non-hydrogen) atoms. The molecule has 0 fully saturated rings. The van der Waals surface area contributed by atoms with Gasteiger partial charge in [0.1, 0.15) is 5.58 Å². The second-order valence-corrected chi connectivity index (χ2v) is 8.69. The third-order valence-corrected chi connectivity index (χ3v) is 5.93. The molecule has 6 nitrogen and oxygen atoms in total. The minimum Gasteiger partial charge on any atom is -0.494 e. The van der Waals surface area contributed by atoms with Crippen LogP contribution in [0.3, 0.4) is 0 Å². The summed E-state index contributed by atoms with van der Waals surface area (Å²) >= 11 is 23.9. The Labute approximate surface area is 214 Å². The lowest BCUT2D eigenvalue weighted by molar-refractivity contribution is 0.0977. The zero-order chi connectivity index (χ0) is 24.4. The molecule has 0 bridgehead atoms. The van der Waals surface area contributed by atoms with Gasteiger partial charge < -0.3 is 14.5 Å². The minimum absolute atomic E-state index is 0.0297. The van der Waals surface area contributed by atoms with Crippen molar-refractivity contribution in [2.75, 3.05) is 12.4 Å². The van der Waals surface area contributed by atoms with Crippen LogP contribution in [0.5, 0.6) is 5.75 Å². The third kappa shape index (κ3) is 5.03. The van der Waals surface area contributed by atoms with Crippen LogP contribution in [0.25, 0.3) is 22.1 Å². The van der Waals surface area contributed by atoms with Crippen molar-refractivity contribution >= 4 is 74.7 Å². The first-order valence-corrected chi connectivity index (χ1v) is 11.3. The summed E-state index contributed by atoms with van der Waals surface area (Å²) in [5.41, 5.74) is 1.54. The van der Waals surface area contributed by atoms with Crippen LogP contribution in [0.1, 0.15) is 10.4 Å². The summed E-state index contributed by atoms with van der Waals surface area (Å²) in [7, 11) is 1.43. The number of hydrogen-bond donors (Lipinski definition) is 2. The molecule has 0 saturated heterocycles. The Morgan fingerprint density at radius 3 is 2.32 bits per heavy atom. The Morgan fingerprint density at radius 1 is 0.941 bits per heavy atom. The van der Waals surface area contributed by atoms with E-state index in [0.717, 1.165) is 5.39 Å². The maximum Gasteiger partial charge on any atom is 0.344 e. The number of carbonyl (C=O) groups is 1. The van der Waals surface area contributed by atoms with E-state index in [4.69, 9.17) is 56.2 Å². The molecule has 0 spiro atoms. The Kier molecular flexibility index (Phi) is 7.09. The number of hydrogen-bond acceptors (Lipinski definition) is 5. The van der Waals surface area contributed by atoms with Gasteiger partial charge in [-0.25, -0.2) is 4.79 Å². The molecule has 2 N–H and O–H groups in total. The number of anilines is 1. The highest BCUT2D eigenvalue weighted by Gasteiger charge is 2.16. The molecule has 0 atom stereocenters. The van der Waals surface area contributed by atoms with E-state index in [1.165, 1.54) is 19.2 Å². The summed E-state index contributed by atoms with van der Waals surface area (Å²) in [6.45, 7) is 0. The first-order valence-electron chi connectivity index (χ1n) is 9.75. The number of halogens is 3. The van der Waals surface area contributed by atoms with Gasteiger partial charge in [-0.1, -0.05) is 59.1 Å². The summed E-state index contributed by atoms with van der Waals surface area (Å²) in [6.07, 6.45) is 0. The highest BCUT2D eigenvalue weighted by molar-refractivity contribution is 7.80. The molecule has 0 aliphatic rings. The van der Waals surface area contributed by atoms with Crippen LogP contribution in [-0.2, 0) is 0 Å². The average Bonchev–Trinajstić information content (AvgIpc) is 2.78. The Hall–Kier alpha value is -3.10. The summed E-state index contributed by atoms with van der Waals surface area (Å²) in [4.78, 5) is 25.0. The largest absolute Gasteiger partial charge is 0.494 e. The van der Waals surface area contributed by atoms with Crippen molar-refractivity contribution < 1.29 is 13.9 Å². The van der Waals surface area contributed by atoms with Crippen LogP contribution in [0, 0.1) is 0 Å². The molecule has 3 aromatic carbocycles. The van der Waals surface area contributed by atoms with Crippen LogP contribution in [0.15, 0.2) is 69.9 Å². The molecule has 1 amide bonds. The number of methoxy groups -OCH3 is 1. The number of rotatable bonds is 4. The predicted octanol–water partition coefficient (Wildman–Crippen LogP) is 6.56. The standard InChI is InChI=1S/C24H15Cl3N2O4S/c1-32-21-18(26)9-13(10-19(21)27)22(30)29-24(34)28-14-6-7-15(17(25)11-14)16-8-12-4-2-3-5-20(12)33-23(16)31/h2-11H,1H3,(H2,28,29,30,34). The Bertz CT molecular complexity index is 1480. The fourth-order valence-corrected chi connectivity index (χ4v) is 4.42. The van der Waals surface area contributed by atoms with E-state index in [-0.39, 0.29) is 26.5 Å². The highest BCUT2D eigenvalue weighted by atomic mass is 35.5. The maximum absolute atomic E-state index is 12.5. The fourth-order valence-electron chi connectivity index (χ4n) is 3.28. The van der Waals surface area contributed by atoms with Crippen molar-refractivity contribution in [1.82, 2.24) is 5.32 Å². The van der Waals surface area contributed by atoms with Crippen molar-refractivity contribution in [3.63, 3.8) is 0 Å². The van der Waals surface area contributed by atoms with Crippen LogP contribution >= 0.6 is 47.0 Å². The van der Waals surface area contributed by atoms with E-state index >= 15 is 0 Å². The minimum atomic E-state index is -0.513. The van der Waals surface area contributed by atoms with E-state index in [2.05, 4.69) is 10.6 Å². The van der Waals surface area contributed by atoms with Gasteiger partial charge in [0.15, 0.2) is 10.9 Å². The maximum atomic E-state index is 12.5. The third-order valence-electron chi connectivity index (χ3n) is 4.85. The molecule has 4 aromatic rings. The topological polar surface area (TPSA) is 80.6 Å². The van der Waals surface area contributed by atoms with Crippen molar-refractivity contribution in [1.29, 1.82) is 0 Å². The van der Waals surface area contributed by atoms with Gasteiger partial charge in [-0.3, -0.25) is 10.1 Å².